The Hall–Kier alpha value is -0.610. The van der Waals surface area contributed by atoms with E-state index in [2.05, 4.69) is 58.0 Å². The molecule has 3 heterocycles. The van der Waals surface area contributed by atoms with Gasteiger partial charge in [0.1, 0.15) is 5.82 Å². The molecule has 2 atom stereocenters. The van der Waals surface area contributed by atoms with E-state index in [1.807, 2.05) is 6.20 Å². The van der Waals surface area contributed by atoms with E-state index in [4.69, 9.17) is 0 Å². The van der Waals surface area contributed by atoms with Gasteiger partial charge in [-0.25, -0.2) is 4.98 Å². The summed E-state index contributed by atoms with van der Waals surface area (Å²) in [6.45, 7) is 10.2. The number of fused-ring (bicyclic) bond motifs is 1. The van der Waals surface area contributed by atoms with Gasteiger partial charge in [-0.05, 0) is 60.2 Å². The Labute approximate surface area is 117 Å². The van der Waals surface area contributed by atoms with Crippen molar-refractivity contribution in [1.29, 1.82) is 0 Å². The molecule has 18 heavy (non-hydrogen) atoms. The number of rotatable bonds is 1. The normalized spacial score (nSPS) is 29.7. The summed E-state index contributed by atoms with van der Waals surface area (Å²) in [6, 6.07) is 2.19. The first-order valence-corrected chi connectivity index (χ1v) is 7.40. The van der Waals surface area contributed by atoms with Crippen molar-refractivity contribution in [2.45, 2.75) is 26.3 Å². The summed E-state index contributed by atoms with van der Waals surface area (Å²) >= 11 is 3.52. The minimum absolute atomic E-state index is 0.196. The molecule has 0 bridgehead atoms. The van der Waals surface area contributed by atoms with Gasteiger partial charge in [-0.3, -0.25) is 0 Å². The number of pyridine rings is 1. The standard InChI is InChI=1S/C14H20BrN3/c1-9-4-13(17-7-12(9)15)18-8-10-5-16-6-11(10)14(18,2)3/h4,7,10-11,16H,5-6,8H2,1-3H3. The minimum atomic E-state index is 0.196. The van der Waals surface area contributed by atoms with Gasteiger partial charge in [-0.1, -0.05) is 0 Å². The highest BCUT2D eigenvalue weighted by Gasteiger charge is 2.49. The molecule has 2 unspecified atom stereocenters. The van der Waals surface area contributed by atoms with Gasteiger partial charge < -0.3 is 10.2 Å². The number of nitrogens with zero attached hydrogens (tertiary/aromatic N) is 2. The lowest BCUT2D eigenvalue weighted by molar-refractivity contribution is 0.356. The SMILES string of the molecule is Cc1cc(N2CC3CNCC3C2(C)C)ncc1Br. The molecule has 3 rings (SSSR count). The Kier molecular flexibility index (Phi) is 2.90. The van der Waals surface area contributed by atoms with E-state index >= 15 is 0 Å². The largest absolute Gasteiger partial charge is 0.351 e. The van der Waals surface area contributed by atoms with E-state index in [1.165, 1.54) is 5.56 Å². The predicted octanol–water partition coefficient (Wildman–Crippen LogP) is 2.59. The Morgan fingerprint density at radius 1 is 1.44 bits per heavy atom. The molecule has 0 radical (unpaired) electrons. The zero-order valence-corrected chi connectivity index (χ0v) is 12.8. The van der Waals surface area contributed by atoms with Crippen molar-refractivity contribution >= 4 is 21.7 Å². The van der Waals surface area contributed by atoms with Crippen molar-refractivity contribution in [3.63, 3.8) is 0 Å². The van der Waals surface area contributed by atoms with Gasteiger partial charge in [-0.2, -0.15) is 0 Å². The van der Waals surface area contributed by atoms with Crippen LogP contribution in [0.1, 0.15) is 19.4 Å². The van der Waals surface area contributed by atoms with Gasteiger partial charge in [-0.15, -0.1) is 0 Å². The fraction of sp³-hybridized carbons (Fsp3) is 0.643. The van der Waals surface area contributed by atoms with E-state index in [1.54, 1.807) is 0 Å². The second-order valence-electron chi connectivity index (χ2n) is 6.08. The molecule has 0 aromatic carbocycles. The summed E-state index contributed by atoms with van der Waals surface area (Å²) < 4.78 is 1.09. The Bertz CT molecular complexity index is 472. The first-order valence-electron chi connectivity index (χ1n) is 6.60. The topological polar surface area (TPSA) is 28.2 Å². The number of nitrogens with one attached hydrogen (secondary N) is 1. The van der Waals surface area contributed by atoms with E-state index in [0.717, 1.165) is 41.8 Å². The summed E-state index contributed by atoms with van der Waals surface area (Å²) in [5.41, 5.74) is 1.45. The van der Waals surface area contributed by atoms with Crippen LogP contribution >= 0.6 is 15.9 Å². The van der Waals surface area contributed by atoms with Gasteiger partial charge in [0.2, 0.25) is 0 Å². The molecule has 3 nitrogen and oxygen atoms in total. The van der Waals surface area contributed by atoms with E-state index in [9.17, 15) is 0 Å². The van der Waals surface area contributed by atoms with Gasteiger partial charge in [0.05, 0.1) is 0 Å². The minimum Gasteiger partial charge on any atom is -0.351 e. The molecule has 98 valence electrons. The van der Waals surface area contributed by atoms with Crippen LogP contribution in [0.15, 0.2) is 16.7 Å². The molecule has 1 aromatic heterocycles. The van der Waals surface area contributed by atoms with Gasteiger partial charge in [0, 0.05) is 35.8 Å². The summed E-state index contributed by atoms with van der Waals surface area (Å²) in [7, 11) is 0. The lowest BCUT2D eigenvalue weighted by Crippen LogP contribution is -2.45. The summed E-state index contributed by atoms with van der Waals surface area (Å²) in [5.74, 6) is 2.63. The highest BCUT2D eigenvalue weighted by atomic mass is 79.9. The second kappa shape index (κ2) is 4.20. The fourth-order valence-electron chi connectivity index (χ4n) is 3.48. The van der Waals surface area contributed by atoms with Crippen LogP contribution in [0.5, 0.6) is 0 Å². The maximum absolute atomic E-state index is 4.60. The summed E-state index contributed by atoms with van der Waals surface area (Å²) in [4.78, 5) is 7.09. The molecule has 2 aliphatic heterocycles. The van der Waals surface area contributed by atoms with Crippen LogP contribution in [0.3, 0.4) is 0 Å². The zero-order valence-electron chi connectivity index (χ0n) is 11.2. The number of anilines is 1. The molecule has 2 aliphatic rings. The molecule has 1 N–H and O–H groups in total. The van der Waals surface area contributed by atoms with Crippen molar-refractivity contribution in [2.75, 3.05) is 24.5 Å². The lowest BCUT2D eigenvalue weighted by Gasteiger charge is -2.36. The molecular weight excluding hydrogens is 290 g/mol. The summed E-state index contributed by atoms with van der Waals surface area (Å²) in [6.07, 6.45) is 1.92. The lowest BCUT2D eigenvalue weighted by atomic mass is 9.85. The number of hydrogen-bond donors (Lipinski definition) is 1. The maximum Gasteiger partial charge on any atom is 0.129 e. The quantitative estimate of drug-likeness (QED) is 0.864. The number of aryl methyl sites for hydroxylation is 1. The first kappa shape index (κ1) is 12.4. The average molecular weight is 310 g/mol. The zero-order chi connectivity index (χ0) is 12.9. The van der Waals surface area contributed by atoms with Crippen molar-refractivity contribution in [3.05, 3.63) is 22.3 Å². The predicted molar refractivity (Wildman–Crippen MR) is 77.9 cm³/mol. The maximum atomic E-state index is 4.60. The third kappa shape index (κ3) is 1.77. The van der Waals surface area contributed by atoms with Crippen molar-refractivity contribution < 1.29 is 0 Å². The van der Waals surface area contributed by atoms with Crippen LogP contribution in [-0.2, 0) is 0 Å². The van der Waals surface area contributed by atoms with Crippen molar-refractivity contribution in [1.82, 2.24) is 10.3 Å². The molecule has 1 aromatic rings. The molecule has 0 spiro atoms. The highest BCUT2D eigenvalue weighted by Crippen LogP contribution is 2.42. The van der Waals surface area contributed by atoms with Crippen LogP contribution in [0, 0.1) is 18.8 Å². The first-order chi connectivity index (χ1) is 8.50. The van der Waals surface area contributed by atoms with Gasteiger partial charge in [0.25, 0.3) is 0 Å². The van der Waals surface area contributed by atoms with Crippen LogP contribution in [0.2, 0.25) is 0 Å². The molecule has 2 fully saturated rings. The van der Waals surface area contributed by atoms with Gasteiger partial charge >= 0.3 is 0 Å². The van der Waals surface area contributed by atoms with E-state index in [0.29, 0.717) is 0 Å². The molecule has 4 heteroatoms. The fourth-order valence-corrected chi connectivity index (χ4v) is 3.70. The monoisotopic (exact) mass is 309 g/mol. The smallest absolute Gasteiger partial charge is 0.129 e. The summed E-state index contributed by atoms with van der Waals surface area (Å²) in [5, 5.41) is 3.52. The van der Waals surface area contributed by atoms with Crippen LogP contribution in [0.25, 0.3) is 0 Å². The van der Waals surface area contributed by atoms with E-state index < -0.39 is 0 Å². The van der Waals surface area contributed by atoms with E-state index in [-0.39, 0.29) is 5.54 Å². The Balaban J connectivity index is 1.95. The number of halogens is 1. The van der Waals surface area contributed by atoms with Gasteiger partial charge in [0.15, 0.2) is 0 Å². The van der Waals surface area contributed by atoms with Crippen LogP contribution in [-0.4, -0.2) is 30.2 Å². The highest BCUT2D eigenvalue weighted by molar-refractivity contribution is 9.10. The van der Waals surface area contributed by atoms with Crippen LogP contribution in [0.4, 0.5) is 5.82 Å². The number of aromatic nitrogens is 1. The molecule has 0 aliphatic carbocycles. The average Bonchev–Trinajstić information content (AvgIpc) is 2.86. The third-order valence-electron chi connectivity index (χ3n) is 4.67. The Morgan fingerprint density at radius 3 is 2.89 bits per heavy atom. The molecular formula is C14H20BrN3. The second-order valence-corrected chi connectivity index (χ2v) is 6.94. The Morgan fingerprint density at radius 2 is 2.22 bits per heavy atom. The number of hydrogen-bond acceptors (Lipinski definition) is 3. The third-order valence-corrected chi connectivity index (χ3v) is 5.50. The van der Waals surface area contributed by atoms with Crippen LogP contribution < -0.4 is 10.2 Å². The molecule has 2 saturated heterocycles. The van der Waals surface area contributed by atoms with Crippen molar-refractivity contribution in [3.8, 4) is 0 Å². The van der Waals surface area contributed by atoms with Crippen molar-refractivity contribution in [2.24, 2.45) is 11.8 Å². The molecule has 0 saturated carbocycles. The molecule has 0 amide bonds.